The molecule has 410 valence electrons. The zero-order valence-corrected chi connectivity index (χ0v) is 43.5. The third-order valence-corrected chi connectivity index (χ3v) is 13.9. The van der Waals surface area contributed by atoms with Crippen LogP contribution in [0, 0.1) is 11.8 Å². The quantitative estimate of drug-likeness (QED) is 0.0179. The van der Waals surface area contributed by atoms with Crippen molar-refractivity contribution in [2.24, 2.45) is 11.8 Å². The number of ether oxygens (including phenoxy) is 2. The first-order chi connectivity index (χ1) is 33.8. The number of carbonyl (C=O) groups excluding carboxylic acids is 2. The number of aliphatic hydroxyl groups is 7. The predicted molar refractivity (Wildman–Crippen MR) is 266 cm³/mol. The predicted octanol–water partition coefficient (Wildman–Crippen LogP) is 6.61. The highest BCUT2D eigenvalue weighted by atomic mass is 31.2. The number of rotatable bonds is 27. The fourth-order valence-electron chi connectivity index (χ4n) is 8.30. The van der Waals surface area contributed by atoms with E-state index in [1.165, 1.54) is 43.9 Å². The molecule has 21 heteroatoms. The molecule has 0 aromatic carbocycles. The zero-order chi connectivity index (χ0) is 52.7. The Balaban J connectivity index is 2.18. The highest BCUT2D eigenvalue weighted by molar-refractivity contribution is 7.47. The molecule has 71 heavy (non-hydrogen) atoms. The van der Waals surface area contributed by atoms with Crippen LogP contribution in [0.1, 0.15) is 155 Å². The number of fused-ring (bicyclic) bond motifs is 4. The van der Waals surface area contributed by atoms with Gasteiger partial charge in [-0.3, -0.25) is 23.2 Å². The van der Waals surface area contributed by atoms with Gasteiger partial charge in [-0.2, -0.15) is 0 Å². The molecule has 2 aliphatic rings. The maximum absolute atomic E-state index is 13.7. The monoisotopic (exact) mass is 1050 g/mol. The van der Waals surface area contributed by atoms with E-state index in [4.69, 9.17) is 23.0 Å². The molecule has 19 nitrogen and oxygen atoms in total. The normalized spacial score (nSPS) is 31.0. The SMILES string of the molecule is CCCCCC/C=C\C/C=C\C/C=C\CCCCCCCCC(=O)O[C@@H]1COC(=O)C/C=C\C[C@H]2[C@@H](O)[C@H](O)[C@@H](O)[C@H](OP(=O)(O)OC1)[C@H](OP(=O)(O)O)[C@H](O)[C@@H](/C=C/[C@H](O)CCCCC)[C@H](O)C[C@@H]2O. The lowest BCUT2D eigenvalue weighted by Gasteiger charge is -2.38. The van der Waals surface area contributed by atoms with Crippen molar-refractivity contribution in [2.45, 2.75) is 216 Å². The van der Waals surface area contributed by atoms with Gasteiger partial charge in [-0.1, -0.05) is 139 Å². The molecule has 1 fully saturated rings. The molecule has 1 heterocycles. The van der Waals surface area contributed by atoms with Crippen LogP contribution in [-0.2, 0) is 41.8 Å². The lowest BCUT2D eigenvalue weighted by Crippen LogP contribution is -2.56. The number of hydrogen-bond donors (Lipinski definition) is 10. The van der Waals surface area contributed by atoms with Gasteiger partial charge in [0.2, 0.25) is 0 Å². The fraction of sp³-hybridized carbons (Fsp3) is 0.760. The number of unbranched alkanes of at least 4 members (excludes halogenated alkanes) is 12. The summed E-state index contributed by atoms with van der Waals surface area (Å²) in [7, 11) is -11.4. The number of carbonyl (C=O) groups is 2. The summed E-state index contributed by atoms with van der Waals surface area (Å²) in [5.74, 6) is -4.78. The summed E-state index contributed by atoms with van der Waals surface area (Å²) in [6, 6.07) is 0. The number of aliphatic hydroxyl groups excluding tert-OH is 7. The molecule has 1 unspecified atom stereocenters. The van der Waals surface area contributed by atoms with E-state index in [1.54, 1.807) is 0 Å². The summed E-state index contributed by atoms with van der Waals surface area (Å²) in [5, 5.41) is 79.5. The first-order valence-corrected chi connectivity index (χ1v) is 28.6. The van der Waals surface area contributed by atoms with Crippen molar-refractivity contribution in [3.8, 4) is 0 Å². The molecule has 1 saturated carbocycles. The molecule has 0 radical (unpaired) electrons. The third kappa shape index (κ3) is 28.2. The number of phosphoric ester groups is 2. The summed E-state index contributed by atoms with van der Waals surface area (Å²) >= 11 is 0. The number of allylic oxidation sites excluding steroid dienone is 7. The second-order valence-corrected chi connectivity index (χ2v) is 21.1. The van der Waals surface area contributed by atoms with E-state index >= 15 is 0 Å². The van der Waals surface area contributed by atoms with Crippen molar-refractivity contribution >= 4 is 27.6 Å². The topological polar surface area (TPSA) is 317 Å². The molecule has 1 aliphatic carbocycles. The van der Waals surface area contributed by atoms with Gasteiger partial charge in [-0.25, -0.2) is 9.13 Å². The Bertz CT molecular complexity index is 1720. The lowest BCUT2D eigenvalue weighted by molar-refractivity contribution is -0.165. The molecule has 1 aliphatic heterocycles. The molecule has 10 N–H and O–H groups in total. The maximum atomic E-state index is 13.7. The minimum atomic E-state index is -5.77. The number of cyclic esters (lactones) is 1. The summed E-state index contributed by atoms with van der Waals surface area (Å²) in [5.41, 5.74) is 0. The fourth-order valence-corrected chi connectivity index (χ4v) is 9.83. The van der Waals surface area contributed by atoms with Crippen LogP contribution >= 0.6 is 15.6 Å². The van der Waals surface area contributed by atoms with Gasteiger partial charge >= 0.3 is 27.6 Å². The minimum Gasteiger partial charge on any atom is -0.461 e. The van der Waals surface area contributed by atoms with Crippen LogP contribution < -0.4 is 0 Å². The first-order valence-electron chi connectivity index (χ1n) is 25.6. The lowest BCUT2D eigenvalue weighted by atomic mass is 9.83. The van der Waals surface area contributed by atoms with E-state index in [9.17, 15) is 69.1 Å². The van der Waals surface area contributed by atoms with Crippen LogP contribution in [0.4, 0.5) is 0 Å². The van der Waals surface area contributed by atoms with Gasteiger partial charge in [0, 0.05) is 24.7 Å². The molecule has 13 atom stereocenters. The van der Waals surface area contributed by atoms with Crippen molar-refractivity contribution in [1.82, 2.24) is 0 Å². The smallest absolute Gasteiger partial charge is 0.461 e. The average molecular weight is 1050 g/mol. The molecule has 0 aromatic heterocycles. The Kier molecular flexibility index (Phi) is 33.3. The Morgan fingerprint density at radius 1 is 0.775 bits per heavy atom. The summed E-state index contributed by atoms with van der Waals surface area (Å²) in [6.07, 6.45) is 12.0. The van der Waals surface area contributed by atoms with Crippen molar-refractivity contribution in [3.63, 3.8) is 0 Å². The van der Waals surface area contributed by atoms with E-state index in [-0.39, 0.29) is 25.7 Å². The van der Waals surface area contributed by atoms with Crippen molar-refractivity contribution < 1.29 is 92.2 Å². The molecule has 2 rings (SSSR count). The Morgan fingerprint density at radius 2 is 1.37 bits per heavy atom. The van der Waals surface area contributed by atoms with Crippen LogP contribution in [0.5, 0.6) is 0 Å². The van der Waals surface area contributed by atoms with Crippen molar-refractivity contribution in [1.29, 1.82) is 0 Å². The molecular weight excluding hydrogens is 966 g/mol. The average Bonchev–Trinajstić information content (AvgIpc) is 3.31. The largest absolute Gasteiger partial charge is 0.472 e. The highest BCUT2D eigenvalue weighted by Gasteiger charge is 2.51. The van der Waals surface area contributed by atoms with Gasteiger partial charge in [0.05, 0.1) is 43.5 Å². The van der Waals surface area contributed by atoms with Crippen LogP contribution in [0.15, 0.2) is 60.8 Å². The first kappa shape index (κ1) is 64.7. The van der Waals surface area contributed by atoms with Gasteiger partial charge in [-0.15, -0.1) is 0 Å². The van der Waals surface area contributed by atoms with E-state index in [0.29, 0.717) is 19.3 Å². The number of hydrogen-bond acceptors (Lipinski definition) is 16. The summed E-state index contributed by atoms with van der Waals surface area (Å²) < 4.78 is 52.0. The second-order valence-electron chi connectivity index (χ2n) is 18.5. The minimum absolute atomic E-state index is 0.0521. The van der Waals surface area contributed by atoms with E-state index < -0.39 is 120 Å². The maximum Gasteiger partial charge on any atom is 0.472 e. The van der Waals surface area contributed by atoms with Crippen molar-refractivity contribution in [2.75, 3.05) is 13.2 Å². The molecule has 0 saturated heterocycles. The van der Waals surface area contributed by atoms with E-state index in [0.717, 1.165) is 70.3 Å². The molecule has 0 spiro atoms. The van der Waals surface area contributed by atoms with Gasteiger partial charge in [0.25, 0.3) is 0 Å². The Morgan fingerprint density at radius 3 is 2.00 bits per heavy atom. The third-order valence-electron chi connectivity index (χ3n) is 12.4. The van der Waals surface area contributed by atoms with Gasteiger partial charge in [0.1, 0.15) is 31.0 Å². The molecular formula is C50H86O19P2. The van der Waals surface area contributed by atoms with Crippen molar-refractivity contribution in [3.05, 3.63) is 60.8 Å². The second kappa shape index (κ2) is 36.5. The van der Waals surface area contributed by atoms with E-state index in [1.807, 2.05) is 6.92 Å². The standard InChI is InChI=1S/C50H86O19P2/c1-3-5-7-8-9-10-11-12-13-14-15-16-17-18-19-20-21-22-23-25-31-44(55)67-38-35-65-43(54)30-27-26-29-39-41(52)34-42(53)40(33-32-37(51)28-24-6-4-2)46(57)49(68-70(60,61)62)50(48(59)47(58)45(39)56)69-71(63,64)66-36-38/h10-11,13-14,16-17,26-27,32-33,37-42,45-53,56-59H,3-9,12,15,18-25,28-31,34-36H2,1-2H3,(H,63,64)(H2,60,61,62)/b11-10-,14-13-,17-16-,27-26-,33-32+/t37-,38-,39-,40+,41+,42-,45-,46-,47+,48-,49-,50+/m1/s1. The van der Waals surface area contributed by atoms with Crippen LogP contribution in [0.3, 0.4) is 0 Å². The zero-order valence-electron chi connectivity index (χ0n) is 41.7. The van der Waals surface area contributed by atoms with Gasteiger partial charge in [-0.05, 0) is 57.8 Å². The summed E-state index contributed by atoms with van der Waals surface area (Å²) in [4.78, 5) is 56.7. The van der Waals surface area contributed by atoms with Crippen LogP contribution in [0.2, 0.25) is 0 Å². The Labute approximate surface area is 420 Å². The number of phosphoric acid groups is 2. The van der Waals surface area contributed by atoms with Gasteiger partial charge in [0.15, 0.2) is 6.10 Å². The van der Waals surface area contributed by atoms with Crippen LogP contribution in [0.25, 0.3) is 0 Å². The van der Waals surface area contributed by atoms with E-state index in [2.05, 4.69) is 43.4 Å². The molecule has 0 aromatic rings. The van der Waals surface area contributed by atoms with Crippen LogP contribution in [-0.4, -0.2) is 137 Å². The molecule has 0 amide bonds. The molecule has 2 bridgehead atoms. The van der Waals surface area contributed by atoms with Gasteiger partial charge < -0.3 is 59.9 Å². The highest BCUT2D eigenvalue weighted by Crippen LogP contribution is 2.50. The Hall–Kier alpha value is -2.42. The number of esters is 2. The summed E-state index contributed by atoms with van der Waals surface area (Å²) in [6.45, 7) is 2.51.